The average molecular weight is 248 g/mol. The molecule has 0 aromatic carbocycles. The third kappa shape index (κ3) is 7.82. The maximum absolute atomic E-state index is 11.4. The summed E-state index contributed by atoms with van der Waals surface area (Å²) in [6.07, 6.45) is 3.48. The number of carbonyl (C=O) groups excluding carboxylic acids is 1. The monoisotopic (exact) mass is 248 g/mol. The topological polar surface area (TPSA) is 58.2 Å². The Kier molecular flexibility index (Phi) is 8.47. The number of carbonyl (C=O) groups is 1. The fourth-order valence-electron chi connectivity index (χ4n) is 1.10. The van der Waals surface area contributed by atoms with E-state index in [1.54, 1.807) is 6.26 Å². The van der Waals surface area contributed by atoms with Crippen molar-refractivity contribution in [1.29, 1.82) is 0 Å². The van der Waals surface area contributed by atoms with Gasteiger partial charge in [0.15, 0.2) is 0 Å². The van der Waals surface area contributed by atoms with Crippen LogP contribution in [0.25, 0.3) is 0 Å². The molecular formula is C11H24N2O2S. The second-order valence-corrected chi connectivity index (χ2v) is 5.95. The average Bonchev–Trinajstić information content (AvgIpc) is 2.23. The summed E-state index contributed by atoms with van der Waals surface area (Å²) < 4.78 is 11.1. The van der Waals surface area contributed by atoms with Gasteiger partial charge in [0.25, 0.3) is 0 Å². The normalized spacial score (nSPS) is 16.5. The zero-order chi connectivity index (χ0) is 12.6. The molecule has 0 saturated carbocycles. The smallest absolute Gasteiger partial charge is 0.234 e. The Morgan fingerprint density at radius 2 is 2.00 bits per heavy atom. The van der Waals surface area contributed by atoms with Gasteiger partial charge in [-0.2, -0.15) is 0 Å². The largest absolute Gasteiger partial charge is 0.353 e. The van der Waals surface area contributed by atoms with Gasteiger partial charge in [-0.05, 0) is 26.3 Å². The summed E-state index contributed by atoms with van der Waals surface area (Å²) in [6, 6.07) is 0.233. The molecule has 0 aromatic rings. The van der Waals surface area contributed by atoms with Crippen molar-refractivity contribution in [2.75, 3.05) is 19.3 Å². The maximum Gasteiger partial charge on any atom is 0.234 e. The molecule has 4 nitrogen and oxygen atoms in total. The Labute approximate surface area is 101 Å². The van der Waals surface area contributed by atoms with Crippen LogP contribution in [-0.2, 0) is 15.6 Å². The minimum Gasteiger partial charge on any atom is -0.353 e. The van der Waals surface area contributed by atoms with Gasteiger partial charge in [0, 0.05) is 28.3 Å². The van der Waals surface area contributed by atoms with Crippen molar-refractivity contribution in [1.82, 2.24) is 10.6 Å². The Bertz CT molecular complexity index is 234. The van der Waals surface area contributed by atoms with Gasteiger partial charge in [-0.1, -0.05) is 13.8 Å². The van der Waals surface area contributed by atoms with Crippen LogP contribution >= 0.6 is 0 Å². The van der Waals surface area contributed by atoms with E-state index in [1.807, 2.05) is 20.8 Å². The Morgan fingerprint density at radius 3 is 2.50 bits per heavy atom. The lowest BCUT2D eigenvalue weighted by molar-refractivity contribution is -0.120. The number of nitrogens with one attached hydrogen (secondary N) is 2. The molecule has 0 aliphatic heterocycles. The van der Waals surface area contributed by atoms with Crippen LogP contribution in [0.15, 0.2) is 0 Å². The summed E-state index contributed by atoms with van der Waals surface area (Å²) in [4.78, 5) is 11.4. The van der Waals surface area contributed by atoms with E-state index in [-0.39, 0.29) is 17.2 Å². The zero-order valence-corrected chi connectivity index (χ0v) is 11.5. The van der Waals surface area contributed by atoms with E-state index in [0.29, 0.717) is 6.54 Å². The van der Waals surface area contributed by atoms with E-state index < -0.39 is 10.8 Å². The Morgan fingerprint density at radius 1 is 1.38 bits per heavy atom. The highest BCUT2D eigenvalue weighted by atomic mass is 32.2. The molecule has 0 bridgehead atoms. The Hall–Kier alpha value is -0.420. The highest BCUT2D eigenvalue weighted by Gasteiger charge is 2.07. The lowest BCUT2D eigenvalue weighted by Crippen LogP contribution is -2.39. The van der Waals surface area contributed by atoms with E-state index in [0.717, 1.165) is 19.4 Å². The fraction of sp³-hybridized carbons (Fsp3) is 0.909. The first-order valence-corrected chi connectivity index (χ1v) is 7.41. The minimum atomic E-state index is -0.776. The molecule has 0 rings (SSSR count). The van der Waals surface area contributed by atoms with Crippen LogP contribution in [0.1, 0.15) is 33.6 Å². The predicted octanol–water partition coefficient (Wildman–Crippen LogP) is 0.648. The van der Waals surface area contributed by atoms with E-state index >= 15 is 0 Å². The molecule has 0 aliphatic carbocycles. The van der Waals surface area contributed by atoms with Gasteiger partial charge in [0.1, 0.15) is 0 Å². The lowest BCUT2D eigenvalue weighted by atomic mass is 10.2. The van der Waals surface area contributed by atoms with Crippen molar-refractivity contribution in [3.05, 3.63) is 0 Å². The molecule has 16 heavy (non-hydrogen) atoms. The van der Waals surface area contributed by atoms with Gasteiger partial charge in [-0.25, -0.2) is 0 Å². The zero-order valence-electron chi connectivity index (χ0n) is 10.7. The summed E-state index contributed by atoms with van der Waals surface area (Å²) in [5.74, 6) is 0.0274. The van der Waals surface area contributed by atoms with Crippen molar-refractivity contribution < 1.29 is 9.00 Å². The second kappa shape index (κ2) is 8.70. The number of amides is 1. The van der Waals surface area contributed by atoms with E-state index in [2.05, 4.69) is 10.6 Å². The summed E-state index contributed by atoms with van der Waals surface area (Å²) >= 11 is 0. The molecule has 2 N–H and O–H groups in total. The molecule has 0 radical (unpaired) electrons. The third-order valence-corrected chi connectivity index (χ3v) is 3.97. The van der Waals surface area contributed by atoms with Crippen LogP contribution in [-0.4, -0.2) is 40.8 Å². The van der Waals surface area contributed by atoms with Gasteiger partial charge in [-0.3, -0.25) is 9.00 Å². The van der Waals surface area contributed by atoms with Crippen LogP contribution in [0, 0.1) is 0 Å². The van der Waals surface area contributed by atoms with Crippen LogP contribution in [0.5, 0.6) is 0 Å². The molecule has 0 aromatic heterocycles. The van der Waals surface area contributed by atoms with Gasteiger partial charge in [0.05, 0.1) is 6.54 Å². The highest BCUT2D eigenvalue weighted by molar-refractivity contribution is 7.84. The summed E-state index contributed by atoms with van der Waals surface area (Å²) in [6.45, 7) is 7.05. The third-order valence-electron chi connectivity index (χ3n) is 2.60. The molecule has 0 fully saturated rings. The molecule has 96 valence electrons. The van der Waals surface area contributed by atoms with Crippen molar-refractivity contribution in [2.24, 2.45) is 0 Å². The van der Waals surface area contributed by atoms with Crippen LogP contribution in [0.2, 0.25) is 0 Å². The summed E-state index contributed by atoms with van der Waals surface area (Å²) in [5.41, 5.74) is 0. The van der Waals surface area contributed by atoms with Crippen molar-refractivity contribution in [2.45, 2.75) is 44.9 Å². The fourth-order valence-corrected chi connectivity index (χ4v) is 1.55. The predicted molar refractivity (Wildman–Crippen MR) is 68.9 cm³/mol. The molecular weight excluding hydrogens is 224 g/mol. The highest BCUT2D eigenvalue weighted by Crippen LogP contribution is 1.96. The minimum absolute atomic E-state index is 0.0274. The molecule has 1 amide bonds. The first kappa shape index (κ1) is 15.6. The number of hydrogen-bond donors (Lipinski definition) is 2. The molecule has 3 unspecified atom stereocenters. The van der Waals surface area contributed by atoms with Gasteiger partial charge in [0.2, 0.25) is 5.91 Å². The Balaban J connectivity index is 3.52. The molecule has 3 atom stereocenters. The quantitative estimate of drug-likeness (QED) is 0.620. The van der Waals surface area contributed by atoms with E-state index in [4.69, 9.17) is 0 Å². The molecule has 0 aliphatic rings. The molecule has 0 saturated heterocycles. The standard InChI is InChI=1S/C11H24N2O2S/c1-5-9(2)13-11(14)8-12-7-6-10(3)16(4)15/h9-10,12H,5-8H2,1-4H3,(H,13,14). The molecule has 0 heterocycles. The van der Waals surface area contributed by atoms with Crippen LogP contribution in [0.4, 0.5) is 0 Å². The first-order valence-electron chi connectivity index (χ1n) is 5.79. The van der Waals surface area contributed by atoms with Crippen LogP contribution < -0.4 is 10.6 Å². The SMILES string of the molecule is CCC(C)NC(=O)CNCCC(C)S(C)=O. The first-order chi connectivity index (χ1) is 7.47. The van der Waals surface area contributed by atoms with Crippen molar-refractivity contribution in [3.63, 3.8) is 0 Å². The second-order valence-electron chi connectivity index (χ2n) is 4.15. The number of hydrogen-bond acceptors (Lipinski definition) is 3. The van der Waals surface area contributed by atoms with Crippen molar-refractivity contribution >= 4 is 16.7 Å². The summed E-state index contributed by atoms with van der Waals surface area (Å²) in [5, 5.41) is 6.12. The maximum atomic E-state index is 11.4. The van der Waals surface area contributed by atoms with Gasteiger partial charge in [-0.15, -0.1) is 0 Å². The lowest BCUT2D eigenvalue weighted by Gasteiger charge is -2.12. The van der Waals surface area contributed by atoms with E-state index in [1.165, 1.54) is 0 Å². The molecule has 5 heteroatoms. The van der Waals surface area contributed by atoms with E-state index in [9.17, 15) is 9.00 Å². The van der Waals surface area contributed by atoms with Gasteiger partial charge >= 0.3 is 0 Å². The van der Waals surface area contributed by atoms with Gasteiger partial charge < -0.3 is 10.6 Å². The van der Waals surface area contributed by atoms with Crippen molar-refractivity contribution in [3.8, 4) is 0 Å². The number of rotatable bonds is 8. The van der Waals surface area contributed by atoms with Crippen LogP contribution in [0.3, 0.4) is 0 Å². The summed E-state index contributed by atoms with van der Waals surface area (Å²) in [7, 11) is -0.776. The molecule has 0 spiro atoms.